The lowest BCUT2D eigenvalue weighted by Crippen LogP contribution is -2.37. The number of rotatable bonds is 5. The van der Waals surface area contributed by atoms with Gasteiger partial charge in [0.25, 0.3) is 0 Å². The summed E-state index contributed by atoms with van der Waals surface area (Å²) >= 11 is 1.84. The summed E-state index contributed by atoms with van der Waals surface area (Å²) in [6, 6.07) is 8.26. The lowest BCUT2D eigenvalue weighted by molar-refractivity contribution is -0.149. The number of carbonyl (C=O) groups is 1. The first kappa shape index (κ1) is 13.5. The van der Waals surface area contributed by atoms with E-state index in [2.05, 4.69) is 19.1 Å². The average Bonchev–Trinajstić information content (AvgIpc) is 2.38. The van der Waals surface area contributed by atoms with E-state index in [0.29, 0.717) is 6.42 Å². The summed E-state index contributed by atoms with van der Waals surface area (Å²) in [4.78, 5) is 11.7. The van der Waals surface area contributed by atoms with Gasteiger partial charge in [-0.1, -0.05) is 31.2 Å². The van der Waals surface area contributed by atoms with Crippen LogP contribution in [0.1, 0.15) is 30.9 Å². The molecule has 2 rings (SSSR count). The minimum absolute atomic E-state index is 0.531. The summed E-state index contributed by atoms with van der Waals surface area (Å²) in [5.74, 6) is 1.39. The molecule has 1 aliphatic rings. The first-order chi connectivity index (χ1) is 8.68. The maximum Gasteiger partial charge on any atom is 0.310 e. The molecule has 0 aromatic heterocycles. The highest BCUT2D eigenvalue weighted by Gasteiger charge is 2.40. The molecule has 1 unspecified atom stereocenters. The molecular formula is C15H20O2S. The van der Waals surface area contributed by atoms with Crippen LogP contribution in [0.2, 0.25) is 0 Å². The van der Waals surface area contributed by atoms with Crippen LogP contribution in [0.15, 0.2) is 24.3 Å². The van der Waals surface area contributed by atoms with Crippen molar-refractivity contribution in [1.82, 2.24) is 0 Å². The van der Waals surface area contributed by atoms with Gasteiger partial charge >= 0.3 is 5.97 Å². The second-order valence-corrected chi connectivity index (χ2v) is 6.37. The van der Waals surface area contributed by atoms with Crippen LogP contribution in [-0.4, -0.2) is 22.6 Å². The minimum atomic E-state index is -0.617. The predicted molar refractivity (Wildman–Crippen MR) is 76.2 cm³/mol. The molecule has 2 nitrogen and oxygen atoms in total. The van der Waals surface area contributed by atoms with Crippen LogP contribution >= 0.6 is 11.8 Å². The molecule has 0 saturated heterocycles. The molecule has 1 atom stereocenters. The van der Waals surface area contributed by atoms with Crippen molar-refractivity contribution < 1.29 is 9.90 Å². The van der Waals surface area contributed by atoms with E-state index in [4.69, 9.17) is 0 Å². The number of carboxylic acids is 1. The van der Waals surface area contributed by atoms with Crippen LogP contribution in [-0.2, 0) is 17.6 Å². The molecule has 0 bridgehead atoms. The van der Waals surface area contributed by atoms with Gasteiger partial charge in [-0.3, -0.25) is 4.79 Å². The summed E-state index contributed by atoms with van der Waals surface area (Å²) in [6.07, 6.45) is 3.17. The number of aliphatic carboxylic acids is 1. The van der Waals surface area contributed by atoms with Gasteiger partial charge in [0, 0.05) is 0 Å². The van der Waals surface area contributed by atoms with Crippen LogP contribution in [0, 0.1) is 5.41 Å². The van der Waals surface area contributed by atoms with Crippen LogP contribution in [0.4, 0.5) is 0 Å². The number of fused-ring (bicyclic) bond motifs is 1. The van der Waals surface area contributed by atoms with Gasteiger partial charge < -0.3 is 5.11 Å². The monoisotopic (exact) mass is 264 g/mol. The summed E-state index contributed by atoms with van der Waals surface area (Å²) < 4.78 is 0. The highest BCUT2D eigenvalue weighted by atomic mass is 32.2. The molecule has 1 aromatic rings. The van der Waals surface area contributed by atoms with Crippen molar-refractivity contribution in [3.63, 3.8) is 0 Å². The summed E-state index contributed by atoms with van der Waals surface area (Å²) in [5, 5.41) is 9.60. The number of benzene rings is 1. The normalized spacial score (nSPS) is 22.5. The van der Waals surface area contributed by atoms with Crippen LogP contribution in [0.5, 0.6) is 0 Å². The van der Waals surface area contributed by atoms with Gasteiger partial charge in [-0.05, 0) is 48.3 Å². The molecule has 18 heavy (non-hydrogen) atoms. The molecule has 0 aliphatic heterocycles. The molecule has 0 spiro atoms. The Labute approximate surface area is 113 Å². The van der Waals surface area contributed by atoms with Crippen molar-refractivity contribution in [3.8, 4) is 0 Å². The first-order valence-corrected chi connectivity index (χ1v) is 7.71. The Morgan fingerprint density at radius 2 is 2.11 bits per heavy atom. The van der Waals surface area contributed by atoms with E-state index < -0.39 is 11.4 Å². The van der Waals surface area contributed by atoms with Crippen LogP contribution < -0.4 is 0 Å². The van der Waals surface area contributed by atoms with E-state index in [1.165, 1.54) is 11.1 Å². The quantitative estimate of drug-likeness (QED) is 0.828. The molecule has 3 heteroatoms. The molecule has 0 fully saturated rings. The van der Waals surface area contributed by atoms with Crippen molar-refractivity contribution in [2.24, 2.45) is 5.41 Å². The Kier molecular flexibility index (Phi) is 4.33. The lowest BCUT2D eigenvalue weighted by atomic mass is 9.70. The van der Waals surface area contributed by atoms with E-state index >= 15 is 0 Å². The number of thioether (sulfide) groups is 1. The molecule has 1 aromatic carbocycles. The first-order valence-electron chi connectivity index (χ1n) is 6.56. The zero-order chi connectivity index (χ0) is 13.0. The van der Waals surface area contributed by atoms with Gasteiger partial charge in [-0.15, -0.1) is 0 Å². The summed E-state index contributed by atoms with van der Waals surface area (Å²) in [6.45, 7) is 2.12. The molecular weight excluding hydrogens is 244 g/mol. The lowest BCUT2D eigenvalue weighted by Gasteiger charge is -2.34. The van der Waals surface area contributed by atoms with E-state index in [-0.39, 0.29) is 0 Å². The maximum atomic E-state index is 11.7. The summed E-state index contributed by atoms with van der Waals surface area (Å²) in [7, 11) is 0. The van der Waals surface area contributed by atoms with E-state index in [1.54, 1.807) is 0 Å². The highest BCUT2D eigenvalue weighted by Crippen LogP contribution is 2.39. The van der Waals surface area contributed by atoms with Crippen molar-refractivity contribution >= 4 is 17.7 Å². The van der Waals surface area contributed by atoms with Crippen LogP contribution in [0.3, 0.4) is 0 Å². The third kappa shape index (κ3) is 2.72. The van der Waals surface area contributed by atoms with E-state index in [0.717, 1.165) is 30.8 Å². The Balaban J connectivity index is 2.16. The third-order valence-corrected chi connectivity index (χ3v) is 4.80. The Morgan fingerprint density at radius 3 is 2.78 bits per heavy atom. The molecule has 0 saturated carbocycles. The van der Waals surface area contributed by atoms with Gasteiger partial charge in [-0.2, -0.15) is 11.8 Å². The highest BCUT2D eigenvalue weighted by molar-refractivity contribution is 7.99. The van der Waals surface area contributed by atoms with Crippen molar-refractivity contribution in [3.05, 3.63) is 35.4 Å². The van der Waals surface area contributed by atoms with Gasteiger partial charge in [0.05, 0.1) is 5.41 Å². The van der Waals surface area contributed by atoms with Crippen molar-refractivity contribution in [2.75, 3.05) is 11.5 Å². The van der Waals surface area contributed by atoms with Gasteiger partial charge in [-0.25, -0.2) is 0 Å². The fourth-order valence-electron chi connectivity index (χ4n) is 2.72. The van der Waals surface area contributed by atoms with Crippen molar-refractivity contribution in [1.29, 1.82) is 0 Å². The zero-order valence-corrected chi connectivity index (χ0v) is 11.6. The molecule has 1 aliphatic carbocycles. The Morgan fingerprint density at radius 1 is 1.39 bits per heavy atom. The van der Waals surface area contributed by atoms with Gasteiger partial charge in [0.2, 0.25) is 0 Å². The number of aryl methyl sites for hydroxylation is 1. The molecule has 0 amide bonds. The smallest absolute Gasteiger partial charge is 0.310 e. The zero-order valence-electron chi connectivity index (χ0n) is 10.8. The topological polar surface area (TPSA) is 37.3 Å². The average molecular weight is 264 g/mol. The Hall–Kier alpha value is -0.960. The SMILES string of the molecule is CCSCCC1(C(=O)O)CCc2ccccc2C1. The molecule has 1 N–H and O–H groups in total. The summed E-state index contributed by atoms with van der Waals surface area (Å²) in [5.41, 5.74) is 2.03. The standard InChI is InChI=1S/C15H20O2S/c1-2-18-10-9-15(14(16)17)8-7-12-5-3-4-6-13(12)11-15/h3-6H,2,7-11H2,1H3,(H,16,17). The van der Waals surface area contributed by atoms with E-state index in [1.807, 2.05) is 23.9 Å². The van der Waals surface area contributed by atoms with Crippen molar-refractivity contribution in [2.45, 2.75) is 32.6 Å². The van der Waals surface area contributed by atoms with Gasteiger partial charge in [0.1, 0.15) is 0 Å². The fraction of sp³-hybridized carbons (Fsp3) is 0.533. The maximum absolute atomic E-state index is 11.7. The third-order valence-electron chi connectivity index (χ3n) is 3.90. The second kappa shape index (κ2) is 5.79. The molecule has 98 valence electrons. The second-order valence-electron chi connectivity index (χ2n) is 4.98. The number of hydrogen-bond acceptors (Lipinski definition) is 2. The Bertz CT molecular complexity index is 430. The predicted octanol–water partition coefficient (Wildman–Crippen LogP) is 3.39. The minimum Gasteiger partial charge on any atom is -0.481 e. The number of hydrogen-bond donors (Lipinski definition) is 1. The fourth-order valence-corrected chi connectivity index (χ4v) is 3.54. The molecule has 0 radical (unpaired) electrons. The number of carboxylic acid groups (broad SMARTS) is 1. The van der Waals surface area contributed by atoms with Gasteiger partial charge in [0.15, 0.2) is 0 Å². The largest absolute Gasteiger partial charge is 0.481 e. The van der Waals surface area contributed by atoms with Crippen LogP contribution in [0.25, 0.3) is 0 Å². The van der Waals surface area contributed by atoms with E-state index in [9.17, 15) is 9.90 Å². The molecule has 0 heterocycles.